The normalized spacial score (nSPS) is 10.9. The molecule has 68 valence electrons. The molecule has 0 spiro atoms. The first-order valence-electron chi connectivity index (χ1n) is 4.05. The Morgan fingerprint density at radius 3 is 2.85 bits per heavy atom. The molecule has 0 radical (unpaired) electrons. The molecular formula is C10H11NS2. The molecule has 0 atom stereocenters. The van der Waals surface area contributed by atoms with E-state index in [2.05, 4.69) is 31.4 Å². The van der Waals surface area contributed by atoms with Gasteiger partial charge in [0.05, 0.1) is 0 Å². The molecule has 0 aliphatic heterocycles. The molecule has 0 aliphatic carbocycles. The first-order chi connectivity index (χ1) is 6.22. The van der Waals surface area contributed by atoms with Gasteiger partial charge in [-0.15, -0.1) is 23.1 Å². The van der Waals surface area contributed by atoms with Crippen LogP contribution in [0.25, 0.3) is 10.1 Å². The standard InChI is InChI=1S/C10H11NS2/c1-6-3-4-7-8(5-6)13-10(11)9(7)12-2/h3-5H,11H2,1-2H3. The number of thioether (sulfide) groups is 1. The predicted octanol–water partition coefficient (Wildman–Crippen LogP) is 3.51. The van der Waals surface area contributed by atoms with Gasteiger partial charge >= 0.3 is 0 Å². The third kappa shape index (κ3) is 1.42. The SMILES string of the molecule is CSc1c(N)sc2cc(C)ccc12. The van der Waals surface area contributed by atoms with E-state index < -0.39 is 0 Å². The smallest absolute Gasteiger partial charge is 0.101 e. The van der Waals surface area contributed by atoms with Crippen LogP contribution < -0.4 is 5.73 Å². The fourth-order valence-corrected chi connectivity index (χ4v) is 3.41. The van der Waals surface area contributed by atoms with Gasteiger partial charge in [-0.05, 0) is 24.8 Å². The van der Waals surface area contributed by atoms with E-state index in [1.165, 1.54) is 20.5 Å². The third-order valence-electron chi connectivity index (χ3n) is 2.03. The summed E-state index contributed by atoms with van der Waals surface area (Å²) in [7, 11) is 0. The summed E-state index contributed by atoms with van der Waals surface area (Å²) < 4.78 is 1.29. The van der Waals surface area contributed by atoms with Crippen molar-refractivity contribution in [1.29, 1.82) is 0 Å². The van der Waals surface area contributed by atoms with Gasteiger partial charge in [0, 0.05) is 15.0 Å². The Kier molecular flexibility index (Phi) is 2.22. The van der Waals surface area contributed by atoms with Crippen LogP contribution in [0.3, 0.4) is 0 Å². The molecule has 0 saturated carbocycles. The number of rotatable bonds is 1. The minimum atomic E-state index is 0.938. The molecule has 0 amide bonds. The highest BCUT2D eigenvalue weighted by Crippen LogP contribution is 2.39. The van der Waals surface area contributed by atoms with Gasteiger partial charge < -0.3 is 5.73 Å². The Balaban J connectivity index is 2.79. The van der Waals surface area contributed by atoms with Crippen LogP contribution in [0.4, 0.5) is 5.00 Å². The first-order valence-corrected chi connectivity index (χ1v) is 6.09. The molecule has 3 heteroatoms. The van der Waals surface area contributed by atoms with Crippen LogP contribution in [-0.2, 0) is 0 Å². The van der Waals surface area contributed by atoms with Crippen LogP contribution in [0, 0.1) is 6.92 Å². The van der Waals surface area contributed by atoms with Gasteiger partial charge in [-0.2, -0.15) is 0 Å². The van der Waals surface area contributed by atoms with E-state index in [1.54, 1.807) is 23.1 Å². The molecule has 1 nitrogen and oxygen atoms in total. The topological polar surface area (TPSA) is 26.0 Å². The molecule has 0 fully saturated rings. The number of benzene rings is 1. The Morgan fingerprint density at radius 2 is 2.15 bits per heavy atom. The fraction of sp³-hybridized carbons (Fsp3) is 0.200. The molecule has 0 unspecified atom stereocenters. The molecule has 2 rings (SSSR count). The highest BCUT2D eigenvalue weighted by Gasteiger charge is 2.07. The van der Waals surface area contributed by atoms with Gasteiger partial charge in [0.2, 0.25) is 0 Å². The second-order valence-corrected chi connectivity index (χ2v) is 4.90. The average Bonchev–Trinajstić information content (AvgIpc) is 2.39. The van der Waals surface area contributed by atoms with Crippen molar-refractivity contribution in [2.45, 2.75) is 11.8 Å². The highest BCUT2D eigenvalue weighted by molar-refractivity contribution is 7.99. The predicted molar refractivity (Wildman–Crippen MR) is 62.8 cm³/mol. The molecule has 2 aromatic rings. The van der Waals surface area contributed by atoms with Gasteiger partial charge in [-0.1, -0.05) is 12.1 Å². The van der Waals surface area contributed by atoms with E-state index in [-0.39, 0.29) is 0 Å². The van der Waals surface area contributed by atoms with Crippen molar-refractivity contribution in [1.82, 2.24) is 0 Å². The zero-order valence-corrected chi connectivity index (χ0v) is 9.26. The number of hydrogen-bond donors (Lipinski definition) is 1. The molecular weight excluding hydrogens is 198 g/mol. The number of aryl methyl sites for hydroxylation is 1. The lowest BCUT2D eigenvalue weighted by Gasteiger charge is -1.95. The number of anilines is 1. The van der Waals surface area contributed by atoms with Crippen LogP contribution >= 0.6 is 23.1 Å². The van der Waals surface area contributed by atoms with Crippen molar-refractivity contribution < 1.29 is 0 Å². The monoisotopic (exact) mass is 209 g/mol. The molecule has 1 heterocycles. The minimum Gasteiger partial charge on any atom is -0.390 e. The lowest BCUT2D eigenvalue weighted by molar-refractivity contribution is 1.51. The van der Waals surface area contributed by atoms with Crippen molar-refractivity contribution in [2.75, 3.05) is 12.0 Å². The summed E-state index contributed by atoms with van der Waals surface area (Å²) in [6.07, 6.45) is 2.07. The average molecular weight is 209 g/mol. The summed E-state index contributed by atoms with van der Waals surface area (Å²) in [6, 6.07) is 6.48. The quantitative estimate of drug-likeness (QED) is 0.727. The Hall–Kier alpha value is -0.670. The molecule has 0 aliphatic rings. The summed E-state index contributed by atoms with van der Waals surface area (Å²) in [4.78, 5) is 1.22. The van der Waals surface area contributed by atoms with Crippen LogP contribution in [0.15, 0.2) is 23.1 Å². The van der Waals surface area contributed by atoms with E-state index in [4.69, 9.17) is 5.73 Å². The van der Waals surface area contributed by atoms with E-state index in [1.807, 2.05) is 0 Å². The number of nitrogens with two attached hydrogens (primary N) is 1. The zero-order chi connectivity index (χ0) is 9.42. The van der Waals surface area contributed by atoms with Gasteiger partial charge in [0.15, 0.2) is 0 Å². The molecule has 1 aromatic carbocycles. The number of nitrogen functional groups attached to an aromatic ring is 1. The van der Waals surface area contributed by atoms with E-state index >= 15 is 0 Å². The molecule has 13 heavy (non-hydrogen) atoms. The summed E-state index contributed by atoms with van der Waals surface area (Å²) >= 11 is 3.40. The first kappa shape index (κ1) is 8.91. The molecule has 0 bridgehead atoms. The maximum Gasteiger partial charge on any atom is 0.101 e. The van der Waals surface area contributed by atoms with Crippen LogP contribution in [0.2, 0.25) is 0 Å². The zero-order valence-electron chi connectivity index (χ0n) is 7.63. The van der Waals surface area contributed by atoms with Crippen LogP contribution in [0.5, 0.6) is 0 Å². The molecule has 1 aromatic heterocycles. The van der Waals surface area contributed by atoms with Crippen LogP contribution in [-0.4, -0.2) is 6.26 Å². The summed E-state index contributed by atoms with van der Waals surface area (Å²) in [5.74, 6) is 0. The lowest BCUT2D eigenvalue weighted by atomic mass is 10.2. The molecule has 2 N–H and O–H groups in total. The lowest BCUT2D eigenvalue weighted by Crippen LogP contribution is -1.79. The number of fused-ring (bicyclic) bond motifs is 1. The van der Waals surface area contributed by atoms with Crippen molar-refractivity contribution in [3.63, 3.8) is 0 Å². The van der Waals surface area contributed by atoms with E-state index in [0.29, 0.717) is 0 Å². The molecule has 0 saturated heterocycles. The van der Waals surface area contributed by atoms with Crippen molar-refractivity contribution in [2.24, 2.45) is 0 Å². The second kappa shape index (κ2) is 3.24. The van der Waals surface area contributed by atoms with Gasteiger partial charge in [0.25, 0.3) is 0 Å². The fourth-order valence-electron chi connectivity index (χ4n) is 1.41. The van der Waals surface area contributed by atoms with Gasteiger partial charge in [0.1, 0.15) is 5.00 Å². The van der Waals surface area contributed by atoms with Gasteiger partial charge in [-0.3, -0.25) is 0 Å². The largest absolute Gasteiger partial charge is 0.390 e. The minimum absolute atomic E-state index is 0.938. The maximum atomic E-state index is 5.91. The second-order valence-electron chi connectivity index (χ2n) is 3.00. The third-order valence-corrected chi connectivity index (χ3v) is 3.99. The van der Waals surface area contributed by atoms with Crippen LogP contribution in [0.1, 0.15) is 5.56 Å². The number of thiophene rings is 1. The maximum absolute atomic E-state index is 5.91. The Labute approximate surface area is 85.9 Å². The van der Waals surface area contributed by atoms with Crippen molar-refractivity contribution in [3.05, 3.63) is 23.8 Å². The van der Waals surface area contributed by atoms with Crippen molar-refractivity contribution in [3.8, 4) is 0 Å². The highest BCUT2D eigenvalue weighted by atomic mass is 32.2. The number of hydrogen-bond acceptors (Lipinski definition) is 3. The summed E-state index contributed by atoms with van der Waals surface area (Å²) in [5, 5.41) is 2.23. The van der Waals surface area contributed by atoms with E-state index in [9.17, 15) is 0 Å². The van der Waals surface area contributed by atoms with Crippen molar-refractivity contribution >= 4 is 38.2 Å². The van der Waals surface area contributed by atoms with Gasteiger partial charge in [-0.25, -0.2) is 0 Å². The summed E-state index contributed by atoms with van der Waals surface area (Å²) in [5.41, 5.74) is 7.20. The Bertz CT molecular complexity index is 445. The summed E-state index contributed by atoms with van der Waals surface area (Å²) in [6.45, 7) is 2.11. The Morgan fingerprint density at radius 1 is 1.38 bits per heavy atom. The van der Waals surface area contributed by atoms with E-state index in [0.717, 1.165) is 5.00 Å².